The molecule has 2 heterocycles. The lowest BCUT2D eigenvalue weighted by Gasteiger charge is -2.45. The van der Waals surface area contributed by atoms with E-state index in [1.807, 2.05) is 0 Å². The normalized spacial score (nSPS) is 13.5. The lowest BCUT2D eigenvalue weighted by molar-refractivity contribution is 0.471. The monoisotopic (exact) mass is 632 g/mol. The van der Waals surface area contributed by atoms with Gasteiger partial charge in [-0.05, 0) is 100 Å². The summed E-state index contributed by atoms with van der Waals surface area (Å²) in [6.07, 6.45) is 0. The Hall–Kier alpha value is -6.06. The maximum absolute atomic E-state index is 6.52. The molecule has 0 saturated heterocycles. The van der Waals surface area contributed by atoms with Crippen LogP contribution in [0.15, 0.2) is 164 Å². The van der Waals surface area contributed by atoms with E-state index in [0.29, 0.717) is 0 Å². The van der Waals surface area contributed by atoms with Crippen LogP contribution < -0.4 is 14.5 Å². The highest BCUT2D eigenvalue weighted by Crippen LogP contribution is 2.60. The molecule has 0 radical (unpaired) electrons. The molecule has 49 heavy (non-hydrogen) atoms. The van der Waals surface area contributed by atoms with Gasteiger partial charge in [-0.2, -0.15) is 0 Å². The van der Waals surface area contributed by atoms with Crippen LogP contribution in [0.1, 0.15) is 30.5 Å². The summed E-state index contributed by atoms with van der Waals surface area (Å²) in [6, 6.07) is 58.7. The van der Waals surface area contributed by atoms with E-state index in [4.69, 9.17) is 4.74 Å². The molecule has 0 spiro atoms. The van der Waals surface area contributed by atoms with Crippen molar-refractivity contribution in [2.24, 2.45) is 0 Å². The summed E-state index contributed by atoms with van der Waals surface area (Å²) >= 11 is 0. The van der Waals surface area contributed by atoms with Crippen molar-refractivity contribution in [1.29, 1.82) is 0 Å². The zero-order chi connectivity index (χ0) is 33.1. The summed E-state index contributed by atoms with van der Waals surface area (Å²) < 4.78 is 6.52. The van der Waals surface area contributed by atoms with Gasteiger partial charge >= 0.3 is 0 Å². The molecule has 7 aromatic rings. The maximum atomic E-state index is 6.52. The minimum Gasteiger partial charge on any atom is -0.453 e. The minimum atomic E-state index is -0.185. The Balaban J connectivity index is 1.12. The first kappa shape index (κ1) is 29.1. The number of fused-ring (bicyclic) bond motifs is 4. The van der Waals surface area contributed by atoms with Crippen LogP contribution in [0.3, 0.4) is 0 Å². The van der Waals surface area contributed by atoms with E-state index in [-0.39, 0.29) is 5.41 Å². The summed E-state index contributed by atoms with van der Waals surface area (Å²) in [5, 5.41) is 0. The van der Waals surface area contributed by atoms with Gasteiger partial charge in [0.2, 0.25) is 0 Å². The highest BCUT2D eigenvalue weighted by atomic mass is 16.5. The smallest absolute Gasteiger partial charge is 0.151 e. The van der Waals surface area contributed by atoms with Crippen LogP contribution in [0.25, 0.3) is 22.3 Å². The zero-order valence-corrected chi connectivity index (χ0v) is 27.9. The molecule has 2 aliphatic heterocycles. The molecule has 3 heteroatoms. The van der Waals surface area contributed by atoms with Crippen LogP contribution in [0.4, 0.5) is 34.1 Å². The summed E-state index contributed by atoms with van der Waals surface area (Å²) in [4.78, 5) is 4.76. The van der Waals surface area contributed by atoms with E-state index in [2.05, 4.69) is 194 Å². The van der Waals surface area contributed by atoms with E-state index in [1.54, 1.807) is 0 Å². The molecule has 7 aromatic carbocycles. The standard InChI is InChI=1S/C46H36N2O/c1-31-12-10-18-42-44(31)48-41-30-35(24-29-39(41)46(2,3)40-17-11-19-43(49-42)45(40)48)34-22-27-38(28-23-34)47(36-15-8-5-9-16-36)37-25-20-33(21-26-37)32-13-6-4-7-14-32/h4-30H,1-3H3. The van der Waals surface area contributed by atoms with E-state index >= 15 is 0 Å². The number of anilines is 6. The summed E-state index contributed by atoms with van der Waals surface area (Å²) in [6.45, 7) is 6.82. The Morgan fingerprint density at radius 3 is 1.67 bits per heavy atom. The molecule has 0 bridgehead atoms. The van der Waals surface area contributed by atoms with E-state index in [9.17, 15) is 0 Å². The van der Waals surface area contributed by atoms with Crippen LogP contribution in [-0.4, -0.2) is 0 Å². The summed E-state index contributed by atoms with van der Waals surface area (Å²) in [7, 11) is 0. The van der Waals surface area contributed by atoms with Gasteiger partial charge in [0.1, 0.15) is 0 Å². The van der Waals surface area contributed by atoms with E-state index in [0.717, 1.165) is 39.9 Å². The van der Waals surface area contributed by atoms with E-state index < -0.39 is 0 Å². The van der Waals surface area contributed by atoms with Gasteiger partial charge in [0.25, 0.3) is 0 Å². The number of hydrogen-bond acceptors (Lipinski definition) is 3. The SMILES string of the molecule is Cc1cccc2c1N1c3cc(-c4ccc(N(c5ccccc5)c5ccc(-c6ccccc6)cc5)cc4)ccc3C(C)(C)c3cccc(c31)O2. The highest BCUT2D eigenvalue weighted by Gasteiger charge is 2.42. The van der Waals surface area contributed by atoms with Crippen LogP contribution in [0.2, 0.25) is 0 Å². The number of rotatable bonds is 5. The second-order valence-corrected chi connectivity index (χ2v) is 13.5. The van der Waals surface area contributed by atoms with Gasteiger partial charge in [-0.15, -0.1) is 0 Å². The zero-order valence-electron chi connectivity index (χ0n) is 27.9. The quantitative estimate of drug-likeness (QED) is 0.188. The van der Waals surface area contributed by atoms with Crippen molar-refractivity contribution in [3.8, 4) is 33.8 Å². The van der Waals surface area contributed by atoms with Gasteiger partial charge < -0.3 is 14.5 Å². The second-order valence-electron chi connectivity index (χ2n) is 13.5. The molecule has 0 N–H and O–H groups in total. The van der Waals surface area contributed by atoms with Crippen molar-refractivity contribution in [3.05, 3.63) is 180 Å². The molecule has 0 fully saturated rings. The number of nitrogens with zero attached hydrogens (tertiary/aromatic N) is 2. The van der Waals surface area contributed by atoms with Crippen LogP contribution >= 0.6 is 0 Å². The van der Waals surface area contributed by atoms with Crippen LogP contribution in [-0.2, 0) is 5.41 Å². The Morgan fingerprint density at radius 2 is 1.00 bits per heavy atom. The molecule has 0 saturated carbocycles. The van der Waals surface area contributed by atoms with Crippen LogP contribution in [0, 0.1) is 6.92 Å². The van der Waals surface area contributed by atoms with Gasteiger partial charge in [0.15, 0.2) is 11.5 Å². The number of para-hydroxylation sites is 3. The molecule has 0 aliphatic carbocycles. The van der Waals surface area contributed by atoms with Crippen molar-refractivity contribution in [1.82, 2.24) is 0 Å². The number of hydrogen-bond donors (Lipinski definition) is 0. The van der Waals surface area contributed by atoms with E-state index in [1.165, 1.54) is 44.6 Å². The third-order valence-electron chi connectivity index (χ3n) is 10.2. The summed E-state index contributed by atoms with van der Waals surface area (Å²) in [5.41, 5.74) is 15.2. The van der Waals surface area contributed by atoms with Crippen molar-refractivity contribution >= 4 is 34.1 Å². The van der Waals surface area contributed by atoms with Crippen molar-refractivity contribution in [2.45, 2.75) is 26.2 Å². The third-order valence-corrected chi connectivity index (χ3v) is 10.2. The molecule has 0 aromatic heterocycles. The fourth-order valence-electron chi connectivity index (χ4n) is 7.64. The second kappa shape index (κ2) is 11.3. The predicted molar refractivity (Wildman–Crippen MR) is 204 cm³/mol. The summed E-state index contributed by atoms with van der Waals surface area (Å²) in [5.74, 6) is 1.80. The maximum Gasteiger partial charge on any atom is 0.151 e. The minimum absolute atomic E-state index is 0.185. The first-order valence-corrected chi connectivity index (χ1v) is 16.9. The number of benzene rings is 7. The first-order valence-electron chi connectivity index (χ1n) is 16.9. The van der Waals surface area contributed by atoms with Gasteiger partial charge in [0, 0.05) is 22.5 Å². The Morgan fingerprint density at radius 1 is 0.469 bits per heavy atom. The third kappa shape index (κ3) is 4.73. The fourth-order valence-corrected chi connectivity index (χ4v) is 7.64. The molecule has 0 atom stereocenters. The topological polar surface area (TPSA) is 15.7 Å². The van der Waals surface area contributed by atoms with Gasteiger partial charge in [-0.3, -0.25) is 0 Å². The van der Waals surface area contributed by atoms with Crippen molar-refractivity contribution < 1.29 is 4.74 Å². The molecule has 236 valence electrons. The molecule has 3 nitrogen and oxygen atoms in total. The Kier molecular flexibility index (Phi) is 6.70. The number of aryl methyl sites for hydroxylation is 1. The lowest BCUT2D eigenvalue weighted by atomic mass is 9.72. The fraction of sp³-hybridized carbons (Fsp3) is 0.0870. The Bertz CT molecular complexity index is 2330. The average Bonchev–Trinajstić information content (AvgIpc) is 3.15. The van der Waals surface area contributed by atoms with Crippen molar-refractivity contribution in [3.63, 3.8) is 0 Å². The lowest BCUT2D eigenvalue weighted by Crippen LogP contribution is -2.32. The first-order chi connectivity index (χ1) is 24.0. The van der Waals surface area contributed by atoms with Gasteiger partial charge in [-0.1, -0.05) is 123 Å². The van der Waals surface area contributed by atoms with Crippen LogP contribution in [0.5, 0.6) is 11.5 Å². The molecule has 0 amide bonds. The molecular formula is C46H36N2O. The van der Waals surface area contributed by atoms with Gasteiger partial charge in [0.05, 0.1) is 17.1 Å². The molecular weight excluding hydrogens is 597 g/mol. The van der Waals surface area contributed by atoms with Gasteiger partial charge in [-0.25, -0.2) is 0 Å². The Labute approximate surface area is 288 Å². The largest absolute Gasteiger partial charge is 0.453 e. The molecule has 0 unspecified atom stereocenters. The number of ether oxygens (including phenoxy) is 1. The highest BCUT2D eigenvalue weighted by molar-refractivity contribution is 5.95. The predicted octanol–water partition coefficient (Wildman–Crippen LogP) is 13.0. The molecule has 2 aliphatic rings. The van der Waals surface area contributed by atoms with Crippen molar-refractivity contribution in [2.75, 3.05) is 9.80 Å². The molecule has 9 rings (SSSR count). The average molecular weight is 633 g/mol.